The molecule has 6 rings (SSSR count). The number of halogens is 1. The summed E-state index contributed by atoms with van der Waals surface area (Å²) in [5, 5.41) is 14.5. The Balaban J connectivity index is 1.66. The van der Waals surface area contributed by atoms with Gasteiger partial charge in [0.15, 0.2) is 5.43 Å². The summed E-state index contributed by atoms with van der Waals surface area (Å²) in [5.41, 5.74) is 4.67. The smallest absolute Gasteiger partial charge is 0.358 e. The third-order valence-corrected chi connectivity index (χ3v) is 7.08. The molecule has 180 valence electrons. The Morgan fingerprint density at radius 2 is 1.92 bits per heavy atom. The highest BCUT2D eigenvalue weighted by molar-refractivity contribution is 7.81. The van der Waals surface area contributed by atoms with Crippen molar-refractivity contribution in [3.63, 3.8) is 0 Å². The van der Waals surface area contributed by atoms with Gasteiger partial charge in [-0.15, -0.1) is 0 Å². The molecule has 36 heavy (non-hydrogen) atoms. The Morgan fingerprint density at radius 3 is 2.61 bits per heavy atom. The van der Waals surface area contributed by atoms with E-state index in [1.54, 1.807) is 30.3 Å². The van der Waals surface area contributed by atoms with Crippen LogP contribution in [0.5, 0.6) is 5.75 Å². The zero-order valence-corrected chi connectivity index (χ0v) is 19.8. The molecule has 0 unspecified atom stereocenters. The number of nitriles is 1. The molecule has 0 amide bonds. The maximum atomic E-state index is 13.8. The average Bonchev–Trinajstić information content (AvgIpc) is 3.18. The van der Waals surface area contributed by atoms with Crippen LogP contribution >= 0.6 is 0 Å². The van der Waals surface area contributed by atoms with Gasteiger partial charge >= 0.3 is 10.5 Å². The van der Waals surface area contributed by atoms with Crippen molar-refractivity contribution in [3.05, 3.63) is 75.9 Å². The predicted molar refractivity (Wildman–Crippen MR) is 135 cm³/mol. The first-order valence-corrected chi connectivity index (χ1v) is 12.5. The van der Waals surface area contributed by atoms with Gasteiger partial charge in [-0.2, -0.15) is 13.7 Å². The van der Waals surface area contributed by atoms with Crippen LogP contribution in [0.25, 0.3) is 44.0 Å². The molecule has 2 N–H and O–H groups in total. The second kappa shape index (κ2) is 7.91. The molecule has 0 atom stereocenters. The van der Waals surface area contributed by atoms with Gasteiger partial charge in [-0.05, 0) is 60.0 Å². The SMILES string of the molecule is Cc1cc2c(=O)c3c4ccc(C#N)cc4[nH]c3n(C3CNC3)c2cc1-c1cccc(OS(=O)(=O)F)c1. The number of aryl methyl sites for hydroxylation is 1. The van der Waals surface area contributed by atoms with Crippen LogP contribution in [0.3, 0.4) is 0 Å². The van der Waals surface area contributed by atoms with Crippen LogP contribution in [0.1, 0.15) is 17.2 Å². The van der Waals surface area contributed by atoms with Crippen molar-refractivity contribution in [2.75, 3.05) is 13.1 Å². The summed E-state index contributed by atoms with van der Waals surface area (Å²) in [6.45, 7) is 3.32. The van der Waals surface area contributed by atoms with Crippen molar-refractivity contribution in [2.24, 2.45) is 0 Å². The summed E-state index contributed by atoms with van der Waals surface area (Å²) < 4.78 is 41.6. The highest BCUT2D eigenvalue weighted by Gasteiger charge is 2.26. The van der Waals surface area contributed by atoms with Crippen LogP contribution in [0.15, 0.2) is 59.4 Å². The molecule has 5 aromatic rings. The third-order valence-electron chi connectivity index (χ3n) is 6.69. The van der Waals surface area contributed by atoms with E-state index >= 15 is 0 Å². The van der Waals surface area contributed by atoms with E-state index in [9.17, 15) is 22.4 Å². The highest BCUT2D eigenvalue weighted by Crippen LogP contribution is 2.35. The molecule has 8 nitrogen and oxygen atoms in total. The normalized spacial score (nSPS) is 14.2. The van der Waals surface area contributed by atoms with Gasteiger partial charge < -0.3 is 19.1 Å². The summed E-state index contributed by atoms with van der Waals surface area (Å²) in [7, 11) is -5.16. The lowest BCUT2D eigenvalue weighted by Gasteiger charge is -2.32. The summed E-state index contributed by atoms with van der Waals surface area (Å²) in [6, 6.07) is 17.4. The number of nitrogens with one attached hydrogen (secondary N) is 2. The lowest BCUT2D eigenvalue weighted by Crippen LogP contribution is -2.44. The van der Waals surface area contributed by atoms with Crippen LogP contribution in [0, 0.1) is 18.3 Å². The minimum Gasteiger partial charge on any atom is -0.358 e. The number of aromatic amines is 1. The lowest BCUT2D eigenvalue weighted by molar-refractivity contribution is 0.357. The molecule has 1 aliphatic rings. The summed E-state index contributed by atoms with van der Waals surface area (Å²) in [5.74, 6) is -0.144. The fraction of sp³-hybridized carbons (Fsp3) is 0.154. The van der Waals surface area contributed by atoms with Gasteiger partial charge in [0.25, 0.3) is 0 Å². The van der Waals surface area contributed by atoms with Crippen molar-refractivity contribution >= 4 is 43.3 Å². The number of aromatic nitrogens is 2. The van der Waals surface area contributed by atoms with Crippen LogP contribution < -0.4 is 14.9 Å². The zero-order valence-electron chi connectivity index (χ0n) is 19.0. The first-order valence-electron chi connectivity index (χ1n) is 11.2. The minimum absolute atomic E-state index is 0.0982. The van der Waals surface area contributed by atoms with Crippen LogP contribution in [0.4, 0.5) is 3.89 Å². The molecule has 10 heteroatoms. The topological polar surface area (TPSA) is 117 Å². The van der Waals surface area contributed by atoms with Crippen molar-refractivity contribution in [2.45, 2.75) is 13.0 Å². The molecule has 3 aromatic carbocycles. The monoisotopic (exact) mass is 502 g/mol. The van der Waals surface area contributed by atoms with E-state index in [4.69, 9.17) is 0 Å². The Morgan fingerprint density at radius 1 is 1.11 bits per heavy atom. The van der Waals surface area contributed by atoms with Crippen molar-refractivity contribution in [1.29, 1.82) is 5.26 Å². The largest absolute Gasteiger partial charge is 0.488 e. The van der Waals surface area contributed by atoms with E-state index in [0.717, 1.165) is 35.1 Å². The molecule has 1 aliphatic heterocycles. The molecule has 2 aromatic heterocycles. The summed E-state index contributed by atoms with van der Waals surface area (Å²) in [6.07, 6.45) is 0. The minimum atomic E-state index is -5.16. The van der Waals surface area contributed by atoms with Crippen LogP contribution in [0.2, 0.25) is 0 Å². The zero-order chi connectivity index (χ0) is 25.2. The standard InChI is InChI=1S/C26H19FN4O4S/c1-14-7-21-23(10-20(14)16-3-2-4-18(9-16)35-36(27,33)34)31(17-12-29-13-17)26-24(25(21)32)19-6-5-15(11-28)8-22(19)30-26/h2-10,17,29-30H,12-13H2,1H3. The second-order valence-corrected chi connectivity index (χ2v) is 9.87. The summed E-state index contributed by atoms with van der Waals surface area (Å²) >= 11 is 0. The molecule has 3 heterocycles. The van der Waals surface area contributed by atoms with Crippen molar-refractivity contribution in [3.8, 4) is 22.9 Å². The van der Waals surface area contributed by atoms with E-state index in [1.807, 2.05) is 19.1 Å². The first kappa shape index (κ1) is 22.3. The fourth-order valence-corrected chi connectivity index (χ4v) is 5.31. The number of pyridine rings is 1. The van der Waals surface area contributed by atoms with Crippen molar-refractivity contribution < 1.29 is 16.5 Å². The predicted octanol–water partition coefficient (Wildman–Crippen LogP) is 4.22. The number of H-pyrrole nitrogens is 1. The molecule has 0 spiro atoms. The fourth-order valence-electron chi connectivity index (χ4n) is 4.97. The van der Waals surface area contributed by atoms with Crippen LogP contribution in [-0.2, 0) is 10.5 Å². The molecular formula is C26H19FN4O4S. The quantitative estimate of drug-likeness (QED) is 0.356. The molecule has 1 fully saturated rings. The van der Waals surface area contributed by atoms with Crippen molar-refractivity contribution in [1.82, 2.24) is 14.9 Å². The second-order valence-electron chi connectivity index (χ2n) is 8.92. The Labute approximate surface area is 205 Å². The molecule has 0 bridgehead atoms. The number of hydrogen-bond acceptors (Lipinski definition) is 6. The van der Waals surface area contributed by atoms with Gasteiger partial charge in [-0.1, -0.05) is 22.1 Å². The number of benzene rings is 3. The average molecular weight is 503 g/mol. The number of nitrogens with zero attached hydrogens (tertiary/aromatic N) is 2. The highest BCUT2D eigenvalue weighted by atomic mass is 32.3. The van der Waals surface area contributed by atoms with Gasteiger partial charge in [0, 0.05) is 29.4 Å². The number of hydrogen-bond donors (Lipinski definition) is 2. The van der Waals surface area contributed by atoms with Gasteiger partial charge in [0.1, 0.15) is 11.4 Å². The lowest BCUT2D eigenvalue weighted by atomic mass is 9.96. The van der Waals surface area contributed by atoms with E-state index in [0.29, 0.717) is 33.1 Å². The molecule has 0 saturated carbocycles. The maximum absolute atomic E-state index is 13.8. The Hall–Kier alpha value is -4.20. The van der Waals surface area contributed by atoms with Gasteiger partial charge in [0.2, 0.25) is 0 Å². The molecule has 0 aliphatic carbocycles. The third kappa shape index (κ3) is 3.52. The number of rotatable bonds is 4. The van der Waals surface area contributed by atoms with E-state index in [-0.39, 0.29) is 17.2 Å². The van der Waals surface area contributed by atoms with Gasteiger partial charge in [-0.25, -0.2) is 0 Å². The Bertz CT molecular complexity index is 1930. The van der Waals surface area contributed by atoms with E-state index < -0.39 is 10.5 Å². The van der Waals surface area contributed by atoms with Crippen LogP contribution in [-0.4, -0.2) is 31.1 Å². The molecule has 1 saturated heterocycles. The maximum Gasteiger partial charge on any atom is 0.488 e. The Kier molecular flexibility index (Phi) is 4.90. The van der Waals surface area contributed by atoms with Gasteiger partial charge in [0.05, 0.1) is 28.6 Å². The van der Waals surface area contributed by atoms with Gasteiger partial charge in [-0.3, -0.25) is 4.79 Å². The molecular weight excluding hydrogens is 483 g/mol. The number of fused-ring (bicyclic) bond motifs is 4. The summed E-state index contributed by atoms with van der Waals surface area (Å²) in [4.78, 5) is 17.1. The molecule has 0 radical (unpaired) electrons. The first-order chi connectivity index (χ1) is 17.2. The van der Waals surface area contributed by atoms with E-state index in [2.05, 4.69) is 25.1 Å². The van der Waals surface area contributed by atoms with E-state index in [1.165, 1.54) is 12.1 Å².